The van der Waals surface area contributed by atoms with Gasteiger partial charge in [0.2, 0.25) is 0 Å². The Balaban J connectivity index is 1.28. The van der Waals surface area contributed by atoms with Crippen LogP contribution in [0.2, 0.25) is 0 Å². The van der Waals surface area contributed by atoms with Gasteiger partial charge in [0.15, 0.2) is 0 Å². The second-order valence-corrected chi connectivity index (χ2v) is 13.2. The first-order valence-corrected chi connectivity index (χ1v) is 16.4. The summed E-state index contributed by atoms with van der Waals surface area (Å²) >= 11 is 1.86. The van der Waals surface area contributed by atoms with Crippen LogP contribution in [-0.4, -0.2) is 9.13 Å². The van der Waals surface area contributed by atoms with Crippen molar-refractivity contribution in [2.24, 2.45) is 0 Å². The molecule has 0 atom stereocenters. The van der Waals surface area contributed by atoms with E-state index in [1.165, 1.54) is 69.5 Å². The van der Waals surface area contributed by atoms with Crippen LogP contribution in [0.3, 0.4) is 0 Å². The maximum atomic E-state index is 6.20. The van der Waals surface area contributed by atoms with E-state index in [0.717, 1.165) is 27.6 Å². The van der Waals surface area contributed by atoms with Gasteiger partial charge in [-0.15, -0.1) is 11.3 Å². The van der Waals surface area contributed by atoms with Gasteiger partial charge in [-0.3, -0.25) is 0 Å². The Morgan fingerprint density at radius 1 is 0.391 bits per heavy atom. The van der Waals surface area contributed by atoms with Gasteiger partial charge < -0.3 is 13.6 Å². The molecule has 0 saturated carbocycles. The molecule has 11 aromatic rings. The quantitative estimate of drug-likeness (QED) is 0.192. The molecule has 46 heavy (non-hydrogen) atoms. The van der Waals surface area contributed by atoms with Crippen molar-refractivity contribution in [3.05, 3.63) is 146 Å². The van der Waals surface area contributed by atoms with Crippen LogP contribution in [-0.2, 0) is 0 Å². The molecule has 4 heterocycles. The molecule has 0 radical (unpaired) electrons. The molecule has 0 amide bonds. The van der Waals surface area contributed by atoms with Crippen molar-refractivity contribution < 1.29 is 4.42 Å². The largest absolute Gasteiger partial charge is 0.456 e. The maximum absolute atomic E-state index is 6.20. The summed E-state index contributed by atoms with van der Waals surface area (Å²) in [4.78, 5) is 0. The Morgan fingerprint density at radius 3 is 1.91 bits per heavy atom. The second-order valence-electron chi connectivity index (χ2n) is 12.1. The number of hydrogen-bond donors (Lipinski definition) is 0. The summed E-state index contributed by atoms with van der Waals surface area (Å²) in [6.45, 7) is 0. The van der Waals surface area contributed by atoms with Crippen molar-refractivity contribution in [3.63, 3.8) is 0 Å². The lowest BCUT2D eigenvalue weighted by atomic mass is 10.1. The highest BCUT2D eigenvalue weighted by atomic mass is 32.1. The average Bonchev–Trinajstić information content (AvgIpc) is 3.85. The number of thiophene rings is 1. The number of nitrogens with zero attached hydrogens (tertiary/aromatic N) is 2. The third-order valence-electron chi connectivity index (χ3n) is 9.71. The highest BCUT2D eigenvalue weighted by Gasteiger charge is 2.21. The molecule has 0 bridgehead atoms. The zero-order chi connectivity index (χ0) is 29.9. The molecule has 4 heteroatoms. The summed E-state index contributed by atoms with van der Waals surface area (Å²) in [6.07, 6.45) is 0. The standard InChI is InChI=1S/C42H24N2OS/c1-5-13-34-27(9-1)30-19-20-36-41(42(30)44(34)26-18-22-40-33(24-26)29-11-4-8-16-39(29)46-40)31-12-2-6-14-35(31)43(36)25-17-21-38-32(23-25)28-10-3-7-15-37(28)45-38/h1-24H. The van der Waals surface area contributed by atoms with E-state index >= 15 is 0 Å². The van der Waals surface area contributed by atoms with Gasteiger partial charge in [-0.25, -0.2) is 0 Å². The summed E-state index contributed by atoms with van der Waals surface area (Å²) in [5.41, 5.74) is 8.95. The summed E-state index contributed by atoms with van der Waals surface area (Å²) in [6, 6.07) is 52.9. The van der Waals surface area contributed by atoms with Gasteiger partial charge in [0, 0.05) is 63.9 Å². The Kier molecular flexibility index (Phi) is 4.72. The molecule has 0 N–H and O–H groups in total. The molecule has 0 aliphatic rings. The van der Waals surface area contributed by atoms with E-state index in [-0.39, 0.29) is 0 Å². The lowest BCUT2D eigenvalue weighted by molar-refractivity contribution is 0.669. The molecule has 4 aromatic heterocycles. The van der Waals surface area contributed by atoms with Gasteiger partial charge in [0.25, 0.3) is 0 Å². The van der Waals surface area contributed by atoms with Crippen molar-refractivity contribution in [1.29, 1.82) is 0 Å². The predicted octanol–water partition coefficient (Wildman–Crippen LogP) is 12.1. The van der Waals surface area contributed by atoms with Gasteiger partial charge >= 0.3 is 0 Å². The van der Waals surface area contributed by atoms with E-state index in [4.69, 9.17) is 4.42 Å². The number of rotatable bonds is 2. The monoisotopic (exact) mass is 604 g/mol. The number of aromatic nitrogens is 2. The summed E-state index contributed by atoms with van der Waals surface area (Å²) < 4.78 is 13.7. The van der Waals surface area contributed by atoms with Crippen molar-refractivity contribution >= 4 is 97.1 Å². The van der Waals surface area contributed by atoms with Crippen LogP contribution in [0.5, 0.6) is 0 Å². The number of furan rings is 1. The van der Waals surface area contributed by atoms with Gasteiger partial charge in [-0.1, -0.05) is 78.9 Å². The van der Waals surface area contributed by atoms with Gasteiger partial charge in [0.05, 0.1) is 22.1 Å². The van der Waals surface area contributed by atoms with Crippen molar-refractivity contribution in [2.45, 2.75) is 0 Å². The van der Waals surface area contributed by atoms with Crippen LogP contribution in [0.4, 0.5) is 0 Å². The van der Waals surface area contributed by atoms with E-state index in [1.54, 1.807) is 0 Å². The summed E-state index contributed by atoms with van der Waals surface area (Å²) in [5.74, 6) is 0. The Labute approximate surface area is 266 Å². The van der Waals surface area contributed by atoms with Crippen molar-refractivity contribution in [3.8, 4) is 11.4 Å². The first-order valence-electron chi connectivity index (χ1n) is 15.6. The molecule has 0 spiro atoms. The highest BCUT2D eigenvalue weighted by Crippen LogP contribution is 2.43. The average molecular weight is 605 g/mol. The summed E-state index contributed by atoms with van der Waals surface area (Å²) in [7, 11) is 0. The first kappa shape index (κ1) is 24.5. The number of benzene rings is 7. The van der Waals surface area contributed by atoms with Gasteiger partial charge in [-0.2, -0.15) is 0 Å². The van der Waals surface area contributed by atoms with Crippen LogP contribution in [0.25, 0.3) is 97.1 Å². The molecule has 0 aliphatic heterocycles. The molecule has 0 fully saturated rings. The lowest BCUT2D eigenvalue weighted by Crippen LogP contribution is -1.95. The van der Waals surface area contributed by atoms with Gasteiger partial charge in [-0.05, 0) is 66.7 Å². The van der Waals surface area contributed by atoms with Crippen LogP contribution < -0.4 is 0 Å². The predicted molar refractivity (Wildman–Crippen MR) is 195 cm³/mol. The summed E-state index contributed by atoms with van der Waals surface area (Å²) in [5, 5.41) is 9.91. The zero-order valence-electron chi connectivity index (χ0n) is 24.6. The SMILES string of the molecule is c1ccc2c(c1)oc1ccc(-n3c4ccccc4c4c3ccc3c5ccccc5n(-c5ccc6sc7ccccc7c6c5)c34)cc12. The van der Waals surface area contributed by atoms with Crippen LogP contribution in [0, 0.1) is 0 Å². The Bertz CT molecular complexity index is 3040. The number of para-hydroxylation sites is 3. The molecular formula is C42H24N2OS. The smallest absolute Gasteiger partial charge is 0.135 e. The fraction of sp³-hybridized carbons (Fsp3) is 0. The van der Waals surface area contributed by atoms with Crippen molar-refractivity contribution in [1.82, 2.24) is 9.13 Å². The topological polar surface area (TPSA) is 23.0 Å². The number of fused-ring (bicyclic) bond motifs is 13. The third kappa shape index (κ3) is 3.16. The Morgan fingerprint density at radius 2 is 1.02 bits per heavy atom. The molecule has 3 nitrogen and oxygen atoms in total. The first-order chi connectivity index (χ1) is 22.8. The molecule has 0 aliphatic carbocycles. The van der Waals surface area contributed by atoms with E-state index in [2.05, 4.69) is 143 Å². The molecule has 0 saturated heterocycles. The minimum Gasteiger partial charge on any atom is -0.456 e. The maximum Gasteiger partial charge on any atom is 0.135 e. The van der Waals surface area contributed by atoms with Crippen LogP contribution in [0.1, 0.15) is 0 Å². The fourth-order valence-electron chi connectivity index (χ4n) is 7.76. The number of hydrogen-bond acceptors (Lipinski definition) is 2. The van der Waals surface area contributed by atoms with Crippen LogP contribution >= 0.6 is 11.3 Å². The van der Waals surface area contributed by atoms with E-state index in [9.17, 15) is 0 Å². The minimum atomic E-state index is 0.907. The third-order valence-corrected chi connectivity index (χ3v) is 10.9. The highest BCUT2D eigenvalue weighted by molar-refractivity contribution is 7.25. The minimum absolute atomic E-state index is 0.907. The molecule has 0 unspecified atom stereocenters. The van der Waals surface area contributed by atoms with Crippen molar-refractivity contribution in [2.75, 3.05) is 0 Å². The van der Waals surface area contributed by atoms with Crippen LogP contribution in [0.15, 0.2) is 150 Å². The van der Waals surface area contributed by atoms with E-state index < -0.39 is 0 Å². The Hall–Kier alpha value is -5.84. The lowest BCUT2D eigenvalue weighted by Gasteiger charge is -2.10. The van der Waals surface area contributed by atoms with E-state index in [1.807, 2.05) is 23.5 Å². The molecular weight excluding hydrogens is 581 g/mol. The molecule has 214 valence electrons. The second kappa shape index (κ2) is 8.87. The van der Waals surface area contributed by atoms with Gasteiger partial charge in [0.1, 0.15) is 11.2 Å². The zero-order valence-corrected chi connectivity index (χ0v) is 25.4. The van der Waals surface area contributed by atoms with E-state index in [0.29, 0.717) is 0 Å². The molecule has 11 rings (SSSR count). The normalized spacial score (nSPS) is 12.3. The molecule has 7 aromatic carbocycles. The fourth-order valence-corrected chi connectivity index (χ4v) is 8.85.